The third kappa shape index (κ3) is 25.2. The molecular weight excluding hydrogens is 832 g/mol. The Morgan fingerprint density at radius 2 is 0.705 bits per heavy atom. The van der Waals surface area contributed by atoms with Crippen molar-refractivity contribution in [2.45, 2.75) is 75.2 Å². The van der Waals surface area contributed by atoms with E-state index in [4.69, 9.17) is 26.2 Å². The summed E-state index contributed by atoms with van der Waals surface area (Å²) in [6, 6.07) is -9.00. The number of carboxylic acids is 8. The number of hydrogen-bond acceptors (Lipinski definition) is 16. The molecule has 29 heteroatoms. The molecule has 15 N–H and O–H groups in total. The Balaban J connectivity index is 6.35. The van der Waals surface area contributed by atoms with Gasteiger partial charge in [0, 0.05) is 19.6 Å². The average molecular weight is 881 g/mol. The van der Waals surface area contributed by atoms with Gasteiger partial charge in [0.2, 0.25) is 29.5 Å². The van der Waals surface area contributed by atoms with Crippen LogP contribution in [0.5, 0.6) is 0 Å². The minimum Gasteiger partial charge on any atom is -0.481 e. The summed E-state index contributed by atoms with van der Waals surface area (Å²) in [6.45, 7) is -5.11. The molecule has 5 unspecified atom stereocenters. The molecule has 0 aromatic rings. The van der Waals surface area contributed by atoms with E-state index in [1.165, 1.54) is 0 Å². The van der Waals surface area contributed by atoms with Crippen LogP contribution in [0.25, 0.3) is 0 Å². The lowest BCUT2D eigenvalue weighted by atomic mass is 10.1. The van der Waals surface area contributed by atoms with Crippen LogP contribution in [0.3, 0.4) is 0 Å². The maximum atomic E-state index is 13.1. The highest BCUT2D eigenvalue weighted by Gasteiger charge is 2.30. The Morgan fingerprint density at radius 3 is 0.967 bits per heavy atom. The van der Waals surface area contributed by atoms with E-state index in [2.05, 4.69) is 5.32 Å². The molecule has 0 aromatic carbocycles. The highest BCUT2D eigenvalue weighted by Crippen LogP contribution is 2.03. The molecule has 0 rings (SSSR count). The number of carboxylic acid groups (broad SMARTS) is 8. The fourth-order valence-electron chi connectivity index (χ4n) is 4.91. The summed E-state index contributed by atoms with van der Waals surface area (Å²) in [5, 5.41) is 83.5. The lowest BCUT2D eigenvalue weighted by Crippen LogP contribution is -2.53. The molecule has 0 radical (unpaired) electrons. The third-order valence-corrected chi connectivity index (χ3v) is 7.84. The molecule has 342 valence electrons. The van der Waals surface area contributed by atoms with E-state index in [-0.39, 0.29) is 25.8 Å². The zero-order valence-electron chi connectivity index (χ0n) is 32.1. The van der Waals surface area contributed by atoms with Crippen LogP contribution in [0.1, 0.15) is 44.9 Å². The van der Waals surface area contributed by atoms with Gasteiger partial charge in [-0.1, -0.05) is 0 Å². The van der Waals surface area contributed by atoms with Gasteiger partial charge >= 0.3 is 47.8 Å². The molecule has 0 aliphatic rings. The Morgan fingerprint density at radius 1 is 0.410 bits per heavy atom. The third-order valence-electron chi connectivity index (χ3n) is 7.84. The fourth-order valence-corrected chi connectivity index (χ4v) is 4.91. The summed E-state index contributed by atoms with van der Waals surface area (Å²) in [7, 11) is 0. The predicted octanol–water partition coefficient (Wildman–Crippen LogP) is -6.62. The highest BCUT2D eigenvalue weighted by molar-refractivity contribution is 5.91. The minimum atomic E-state index is -1.99. The molecule has 0 heterocycles. The Hall–Kier alpha value is -7.01. The van der Waals surface area contributed by atoms with Gasteiger partial charge in [-0.2, -0.15) is 0 Å². The topological polar surface area (TPSA) is 476 Å². The van der Waals surface area contributed by atoms with E-state index in [0.29, 0.717) is 0 Å². The van der Waals surface area contributed by atoms with Crippen LogP contribution >= 0.6 is 0 Å². The van der Waals surface area contributed by atoms with Gasteiger partial charge in [0.25, 0.3) is 0 Å². The van der Waals surface area contributed by atoms with Gasteiger partial charge < -0.3 is 73.2 Å². The van der Waals surface area contributed by atoms with E-state index in [0.717, 1.165) is 9.80 Å². The quantitative estimate of drug-likeness (QED) is 0.0272. The van der Waals surface area contributed by atoms with Crippen molar-refractivity contribution in [1.82, 2.24) is 36.4 Å². The number of hydrogen-bond donors (Lipinski definition) is 14. The first kappa shape index (κ1) is 54.0. The molecule has 0 aliphatic heterocycles. The summed E-state index contributed by atoms with van der Waals surface area (Å²) in [4.78, 5) is 156. The first-order valence-corrected chi connectivity index (χ1v) is 17.7. The molecule has 0 bridgehead atoms. The fraction of sp³-hybridized carbons (Fsp3) is 0.594. The number of aliphatic carboxylic acids is 8. The Labute approximate surface area is 343 Å². The number of carbonyl (C=O) groups is 13. The lowest BCUT2D eigenvalue weighted by molar-refractivity contribution is -0.147. The van der Waals surface area contributed by atoms with Gasteiger partial charge in [-0.25, -0.2) is 19.2 Å². The van der Waals surface area contributed by atoms with Crippen molar-refractivity contribution >= 4 is 77.3 Å². The van der Waals surface area contributed by atoms with Crippen LogP contribution in [0.2, 0.25) is 0 Å². The molecule has 0 saturated carbocycles. The van der Waals surface area contributed by atoms with Gasteiger partial charge in [-0.15, -0.1) is 0 Å². The largest absolute Gasteiger partial charge is 0.481 e. The first-order valence-electron chi connectivity index (χ1n) is 17.7. The van der Waals surface area contributed by atoms with E-state index in [1.807, 2.05) is 21.3 Å². The molecule has 5 atom stereocenters. The van der Waals surface area contributed by atoms with Crippen molar-refractivity contribution in [2.24, 2.45) is 5.73 Å². The number of unbranched alkanes of at least 4 members (excludes halogenated alkanes) is 1. The van der Waals surface area contributed by atoms with Crippen LogP contribution in [-0.2, 0) is 62.3 Å². The summed E-state index contributed by atoms with van der Waals surface area (Å²) in [6.07, 6.45) is -3.51. The van der Waals surface area contributed by atoms with Crippen molar-refractivity contribution in [2.75, 3.05) is 45.8 Å². The predicted molar refractivity (Wildman–Crippen MR) is 195 cm³/mol. The zero-order chi connectivity index (χ0) is 47.0. The van der Waals surface area contributed by atoms with Crippen LogP contribution in [-0.4, -0.2) is 204 Å². The molecule has 0 saturated heterocycles. The molecule has 0 fully saturated rings. The lowest BCUT2D eigenvalue weighted by Gasteiger charge is -2.28. The van der Waals surface area contributed by atoms with Crippen LogP contribution < -0.4 is 32.3 Å². The van der Waals surface area contributed by atoms with Crippen LogP contribution in [0, 0.1) is 0 Å². The van der Waals surface area contributed by atoms with E-state index in [9.17, 15) is 82.8 Å². The van der Waals surface area contributed by atoms with Crippen molar-refractivity contribution in [3.8, 4) is 0 Å². The van der Waals surface area contributed by atoms with Crippen molar-refractivity contribution in [3.63, 3.8) is 0 Å². The number of rotatable bonds is 33. The Kier molecular flexibility index (Phi) is 24.5. The van der Waals surface area contributed by atoms with Gasteiger partial charge in [-0.05, 0) is 19.3 Å². The molecule has 0 aliphatic carbocycles. The van der Waals surface area contributed by atoms with Gasteiger partial charge in [0.05, 0.1) is 51.9 Å². The number of carbonyl (C=O) groups excluding carboxylic acids is 5. The maximum absolute atomic E-state index is 13.1. The second kappa shape index (κ2) is 27.6. The van der Waals surface area contributed by atoms with E-state index < -0.39 is 172 Å². The zero-order valence-corrected chi connectivity index (χ0v) is 32.1. The first-order chi connectivity index (χ1) is 28.3. The molecule has 0 spiro atoms. The number of nitrogens with zero attached hydrogens (tertiary/aromatic N) is 2. The second-order valence-electron chi connectivity index (χ2n) is 13.0. The molecule has 61 heavy (non-hydrogen) atoms. The summed E-state index contributed by atoms with van der Waals surface area (Å²) in [5.74, 6) is -18.9. The highest BCUT2D eigenvalue weighted by atomic mass is 16.4. The monoisotopic (exact) mass is 880 g/mol. The van der Waals surface area contributed by atoms with E-state index >= 15 is 0 Å². The standard InChI is InChI=1S/C32H48N8O21/c33-15(28(52)53)3-1-2-4-34-20(41)7-16(29(54)55)35-21(42)11-39(12-22(43)36-17(30(56)57)8-25(46)47)5-6-40(13-23(44)37-18(31(58)59)9-26(48)49)14-24(45)38-19(32(60)61)10-27(50)51/h15-19H,1-14,33H2,(H,34,41)(H,35,42)(H,36,43)(H,37,44)(H,38,45)(H,46,47)(H,48,49)(H,50,51)(H,52,53)(H,54,55)(H,56,57)(H,58,59)(H,60,61). The van der Waals surface area contributed by atoms with Gasteiger partial charge in [-0.3, -0.25) is 53.0 Å². The SMILES string of the molecule is NC(CCCCNC(=O)CC(NC(=O)CN(CCN(CC(=O)NC(CC(=O)O)C(=O)O)CC(=O)NC(CC(=O)O)C(=O)O)CC(=O)NC(CC(=O)O)C(=O)O)C(=O)O)C(=O)O. The number of amides is 5. The summed E-state index contributed by atoms with van der Waals surface area (Å²) >= 11 is 0. The maximum Gasteiger partial charge on any atom is 0.326 e. The van der Waals surface area contributed by atoms with Gasteiger partial charge in [0.15, 0.2) is 0 Å². The average Bonchev–Trinajstić information content (AvgIpc) is 3.11. The van der Waals surface area contributed by atoms with Gasteiger partial charge in [0.1, 0.15) is 30.2 Å². The van der Waals surface area contributed by atoms with Crippen molar-refractivity contribution in [3.05, 3.63) is 0 Å². The summed E-state index contributed by atoms with van der Waals surface area (Å²) < 4.78 is 0. The van der Waals surface area contributed by atoms with Crippen molar-refractivity contribution in [1.29, 1.82) is 0 Å². The smallest absolute Gasteiger partial charge is 0.326 e. The molecule has 0 aromatic heterocycles. The Bertz CT molecular complexity index is 1610. The van der Waals surface area contributed by atoms with E-state index in [1.54, 1.807) is 0 Å². The minimum absolute atomic E-state index is 0.0207. The second-order valence-corrected chi connectivity index (χ2v) is 13.0. The number of nitrogens with two attached hydrogens (primary N) is 1. The number of nitrogens with one attached hydrogen (secondary N) is 5. The normalized spacial score (nSPS) is 13.3. The summed E-state index contributed by atoms with van der Waals surface area (Å²) in [5.41, 5.74) is 5.40. The molecule has 29 nitrogen and oxygen atoms in total. The molecule has 5 amide bonds. The van der Waals surface area contributed by atoms with Crippen molar-refractivity contribution < 1.29 is 103 Å². The van der Waals surface area contributed by atoms with Crippen LogP contribution in [0.15, 0.2) is 0 Å². The van der Waals surface area contributed by atoms with Crippen LogP contribution in [0.4, 0.5) is 0 Å². The molecular formula is C32H48N8O21.